The van der Waals surface area contributed by atoms with E-state index in [1.54, 1.807) is 0 Å². The van der Waals surface area contributed by atoms with Gasteiger partial charge < -0.3 is 19.7 Å². The van der Waals surface area contributed by atoms with E-state index in [4.69, 9.17) is 14.6 Å². The summed E-state index contributed by atoms with van der Waals surface area (Å²) in [6.07, 6.45) is 7.15. The first-order chi connectivity index (χ1) is 15.5. The number of carbonyl (C=O) groups excluding carboxylic acids is 2. The number of carbonyl (C=O) groups is 3. The standard InChI is InChI=1S/C26H40O7/c1-6-16(3)26(31)33-23-12-15(2)11-19-8-7-17(4)22(25(19)23)10-9-21(32-18(5)27)13-20(28)14-24(29)30/h7-8,11,15-17,20-23,25,28H,6,9-10,12-14H2,1-5H3,(H,29,30)/t15-,16+,17-,20+,21+,22-,23-,25-/m1/s1. The van der Waals surface area contributed by atoms with Gasteiger partial charge in [-0.25, -0.2) is 0 Å². The zero-order valence-electron chi connectivity index (χ0n) is 20.5. The molecule has 0 aromatic carbocycles. The first-order valence-corrected chi connectivity index (χ1v) is 12.2. The summed E-state index contributed by atoms with van der Waals surface area (Å²) in [5, 5.41) is 19.0. The van der Waals surface area contributed by atoms with Crippen LogP contribution in [-0.2, 0) is 23.9 Å². The third-order valence-electron chi connectivity index (χ3n) is 6.98. The molecule has 8 atom stereocenters. The van der Waals surface area contributed by atoms with Crippen LogP contribution in [0.2, 0.25) is 0 Å². The highest BCUT2D eigenvalue weighted by atomic mass is 16.5. The van der Waals surface area contributed by atoms with Gasteiger partial charge in [-0.2, -0.15) is 0 Å². The summed E-state index contributed by atoms with van der Waals surface area (Å²) in [5.74, 6) is -1.05. The Morgan fingerprint density at radius 3 is 2.55 bits per heavy atom. The third-order valence-corrected chi connectivity index (χ3v) is 6.98. The highest BCUT2D eigenvalue weighted by Gasteiger charge is 2.42. The van der Waals surface area contributed by atoms with Crippen LogP contribution in [0.5, 0.6) is 0 Å². The van der Waals surface area contributed by atoms with E-state index < -0.39 is 24.1 Å². The van der Waals surface area contributed by atoms with Crippen LogP contribution in [0.3, 0.4) is 0 Å². The Morgan fingerprint density at radius 1 is 1.24 bits per heavy atom. The predicted molar refractivity (Wildman–Crippen MR) is 124 cm³/mol. The molecule has 186 valence electrons. The summed E-state index contributed by atoms with van der Waals surface area (Å²) in [7, 11) is 0. The Balaban J connectivity index is 2.18. The number of aliphatic carboxylic acids is 1. The van der Waals surface area contributed by atoms with Crippen molar-refractivity contribution in [3.63, 3.8) is 0 Å². The first-order valence-electron chi connectivity index (χ1n) is 12.2. The van der Waals surface area contributed by atoms with Crippen LogP contribution in [0.4, 0.5) is 0 Å². The number of carboxylic acid groups (broad SMARTS) is 1. The lowest BCUT2D eigenvalue weighted by Gasteiger charge is -2.43. The molecule has 0 heterocycles. The Labute approximate surface area is 197 Å². The normalized spacial score (nSPS) is 29.3. The lowest BCUT2D eigenvalue weighted by molar-refractivity contribution is -0.159. The number of rotatable bonds is 11. The number of carboxylic acids is 1. The van der Waals surface area contributed by atoms with Crippen LogP contribution in [0.1, 0.15) is 73.1 Å². The van der Waals surface area contributed by atoms with Gasteiger partial charge in [-0.15, -0.1) is 0 Å². The van der Waals surface area contributed by atoms with Crippen molar-refractivity contribution in [3.8, 4) is 0 Å². The molecule has 33 heavy (non-hydrogen) atoms. The molecule has 2 rings (SSSR count). The lowest BCUT2D eigenvalue weighted by Crippen LogP contribution is -2.42. The van der Waals surface area contributed by atoms with Gasteiger partial charge in [0, 0.05) is 19.3 Å². The smallest absolute Gasteiger partial charge is 0.308 e. The molecule has 0 saturated carbocycles. The maximum Gasteiger partial charge on any atom is 0.308 e. The van der Waals surface area contributed by atoms with E-state index in [0.29, 0.717) is 18.8 Å². The Bertz CT molecular complexity index is 756. The maximum absolute atomic E-state index is 12.6. The zero-order chi connectivity index (χ0) is 24.7. The zero-order valence-corrected chi connectivity index (χ0v) is 20.5. The largest absolute Gasteiger partial charge is 0.481 e. The monoisotopic (exact) mass is 464 g/mol. The second-order valence-electron chi connectivity index (χ2n) is 9.87. The molecule has 0 fully saturated rings. The minimum atomic E-state index is -1.09. The van der Waals surface area contributed by atoms with Crippen molar-refractivity contribution >= 4 is 17.9 Å². The fourth-order valence-corrected chi connectivity index (χ4v) is 5.08. The molecule has 2 aliphatic rings. The quantitative estimate of drug-likeness (QED) is 0.439. The van der Waals surface area contributed by atoms with Gasteiger partial charge >= 0.3 is 17.9 Å². The molecule has 0 unspecified atom stereocenters. The van der Waals surface area contributed by atoms with Crippen molar-refractivity contribution in [2.24, 2.45) is 29.6 Å². The van der Waals surface area contributed by atoms with Crippen LogP contribution in [0.15, 0.2) is 23.8 Å². The Hall–Kier alpha value is -2.15. The van der Waals surface area contributed by atoms with Crippen molar-refractivity contribution < 1.29 is 34.1 Å². The molecule has 0 saturated heterocycles. The van der Waals surface area contributed by atoms with E-state index in [1.807, 2.05) is 13.8 Å². The second kappa shape index (κ2) is 12.4. The molecule has 0 amide bonds. The molecule has 7 nitrogen and oxygen atoms in total. The van der Waals surface area contributed by atoms with E-state index in [9.17, 15) is 19.5 Å². The average molecular weight is 465 g/mol. The lowest BCUT2D eigenvalue weighted by atomic mass is 9.65. The van der Waals surface area contributed by atoms with Gasteiger partial charge in [0.25, 0.3) is 0 Å². The highest BCUT2D eigenvalue weighted by Crippen LogP contribution is 2.45. The number of esters is 2. The SMILES string of the molecule is CC[C@H](C)C(=O)O[C@@H]1C[C@H](C)C=C2C=C[C@@H](C)[C@@H](CC[C@@H](C[C@H](O)CC(=O)O)OC(C)=O)[C@@H]21. The molecule has 7 heteroatoms. The first kappa shape index (κ1) is 27.1. The van der Waals surface area contributed by atoms with Gasteiger partial charge in [-0.05, 0) is 49.0 Å². The molecule has 2 N–H and O–H groups in total. The molecular formula is C26H40O7. The Kier molecular flexibility index (Phi) is 10.1. The molecule has 0 radical (unpaired) electrons. The Morgan fingerprint density at radius 2 is 1.94 bits per heavy atom. The summed E-state index contributed by atoms with van der Waals surface area (Å²) >= 11 is 0. The number of aliphatic hydroxyl groups is 1. The molecule has 0 bridgehead atoms. The van der Waals surface area contributed by atoms with Crippen molar-refractivity contribution in [2.45, 2.75) is 91.5 Å². The van der Waals surface area contributed by atoms with Gasteiger partial charge in [-0.3, -0.25) is 14.4 Å². The summed E-state index contributed by atoms with van der Waals surface area (Å²) in [6, 6.07) is 0. The van der Waals surface area contributed by atoms with Crippen molar-refractivity contribution in [1.29, 1.82) is 0 Å². The average Bonchev–Trinajstić information content (AvgIpc) is 2.71. The van der Waals surface area contributed by atoms with E-state index in [-0.39, 0.29) is 48.6 Å². The van der Waals surface area contributed by atoms with Gasteiger partial charge in [-0.1, -0.05) is 45.9 Å². The van der Waals surface area contributed by atoms with Crippen LogP contribution in [0.25, 0.3) is 0 Å². The topological polar surface area (TPSA) is 110 Å². The number of hydrogen-bond acceptors (Lipinski definition) is 6. The van der Waals surface area contributed by atoms with Crippen LogP contribution in [-0.4, -0.2) is 46.4 Å². The summed E-state index contributed by atoms with van der Waals surface area (Å²) in [5.41, 5.74) is 1.19. The maximum atomic E-state index is 12.6. The molecular weight excluding hydrogens is 424 g/mol. The van der Waals surface area contributed by atoms with Gasteiger partial charge in [0.2, 0.25) is 0 Å². The molecule has 2 aliphatic carbocycles. The molecule has 0 aromatic heterocycles. The fraction of sp³-hybridized carbons (Fsp3) is 0.731. The van der Waals surface area contributed by atoms with E-state index in [2.05, 4.69) is 32.1 Å². The van der Waals surface area contributed by atoms with E-state index in [0.717, 1.165) is 12.8 Å². The van der Waals surface area contributed by atoms with E-state index in [1.165, 1.54) is 12.5 Å². The van der Waals surface area contributed by atoms with Gasteiger partial charge in [0.1, 0.15) is 12.2 Å². The minimum absolute atomic E-state index is 0.0659. The van der Waals surface area contributed by atoms with E-state index >= 15 is 0 Å². The summed E-state index contributed by atoms with van der Waals surface area (Å²) < 4.78 is 11.4. The third kappa shape index (κ3) is 7.98. The number of hydrogen-bond donors (Lipinski definition) is 2. The highest BCUT2D eigenvalue weighted by molar-refractivity contribution is 5.72. The number of ether oxygens (including phenoxy) is 2. The van der Waals surface area contributed by atoms with Crippen molar-refractivity contribution in [3.05, 3.63) is 23.8 Å². The minimum Gasteiger partial charge on any atom is -0.481 e. The molecule has 0 aromatic rings. The van der Waals surface area contributed by atoms with Crippen LogP contribution >= 0.6 is 0 Å². The molecule has 0 aliphatic heterocycles. The second-order valence-corrected chi connectivity index (χ2v) is 9.87. The summed E-state index contributed by atoms with van der Waals surface area (Å²) in [6.45, 7) is 9.45. The fourth-order valence-electron chi connectivity index (χ4n) is 5.08. The van der Waals surface area contributed by atoms with Crippen molar-refractivity contribution in [2.75, 3.05) is 0 Å². The molecule has 0 spiro atoms. The van der Waals surface area contributed by atoms with Crippen molar-refractivity contribution in [1.82, 2.24) is 0 Å². The van der Waals surface area contributed by atoms with Gasteiger partial charge in [0.05, 0.1) is 18.4 Å². The van der Waals surface area contributed by atoms with Crippen LogP contribution < -0.4 is 0 Å². The number of fused-ring (bicyclic) bond motifs is 1. The summed E-state index contributed by atoms with van der Waals surface area (Å²) in [4.78, 5) is 35.1. The van der Waals surface area contributed by atoms with Crippen LogP contribution in [0, 0.1) is 29.6 Å². The number of aliphatic hydroxyl groups excluding tert-OH is 1. The number of allylic oxidation sites excluding steroid dienone is 3. The van der Waals surface area contributed by atoms with Gasteiger partial charge in [0.15, 0.2) is 0 Å². The predicted octanol–water partition coefficient (Wildman–Crippen LogP) is 4.29.